The van der Waals surface area contributed by atoms with Crippen molar-refractivity contribution in [3.05, 3.63) is 47.2 Å². The van der Waals surface area contributed by atoms with Crippen LogP contribution in [0.25, 0.3) is 0 Å². The Labute approximate surface area is 120 Å². The van der Waals surface area contributed by atoms with Gasteiger partial charge in [0.25, 0.3) is 10.0 Å². The molecule has 1 heterocycles. The number of nitriles is 1. The van der Waals surface area contributed by atoms with E-state index in [9.17, 15) is 13.2 Å². The molecule has 1 aromatic heterocycles. The number of sulfonamides is 1. The molecule has 0 fully saturated rings. The van der Waals surface area contributed by atoms with E-state index in [2.05, 4.69) is 4.72 Å². The molecule has 8 heteroatoms. The number of rotatable bonds is 4. The van der Waals surface area contributed by atoms with Crippen LogP contribution in [0.15, 0.2) is 39.8 Å². The van der Waals surface area contributed by atoms with Crippen molar-refractivity contribution >= 4 is 21.7 Å². The van der Waals surface area contributed by atoms with Gasteiger partial charge >= 0.3 is 5.97 Å². The minimum atomic E-state index is -4.06. The number of carboxylic acids is 1. The second kappa shape index (κ2) is 5.30. The fraction of sp³-hybridized carbons (Fsp3) is 0.0769. The van der Waals surface area contributed by atoms with E-state index in [1.165, 1.54) is 6.07 Å². The molecule has 108 valence electrons. The summed E-state index contributed by atoms with van der Waals surface area (Å²) in [5.74, 6) is -1.84. The largest absolute Gasteiger partial charge is 0.475 e. The van der Waals surface area contributed by atoms with Gasteiger partial charge in [-0.2, -0.15) is 13.7 Å². The van der Waals surface area contributed by atoms with Gasteiger partial charge in [0.05, 0.1) is 17.3 Å². The van der Waals surface area contributed by atoms with E-state index in [0.29, 0.717) is 11.1 Å². The molecule has 2 rings (SSSR count). The van der Waals surface area contributed by atoms with E-state index < -0.39 is 26.8 Å². The molecule has 2 aromatic rings. The molecule has 0 unspecified atom stereocenters. The van der Waals surface area contributed by atoms with Crippen molar-refractivity contribution in [3.8, 4) is 6.07 Å². The van der Waals surface area contributed by atoms with Crippen molar-refractivity contribution in [1.29, 1.82) is 5.26 Å². The maximum absolute atomic E-state index is 12.1. The monoisotopic (exact) mass is 306 g/mol. The molecule has 0 aliphatic heterocycles. The average Bonchev–Trinajstić information content (AvgIpc) is 2.92. The van der Waals surface area contributed by atoms with E-state index in [0.717, 1.165) is 12.1 Å². The van der Waals surface area contributed by atoms with Crippen LogP contribution in [-0.2, 0) is 10.0 Å². The number of carboxylic acid groups (broad SMARTS) is 1. The summed E-state index contributed by atoms with van der Waals surface area (Å²) in [5, 5.41) is 17.0. The summed E-state index contributed by atoms with van der Waals surface area (Å²) in [6.07, 6.45) is 0. The van der Waals surface area contributed by atoms with E-state index in [-0.39, 0.29) is 5.69 Å². The zero-order valence-corrected chi connectivity index (χ0v) is 11.6. The van der Waals surface area contributed by atoms with Crippen molar-refractivity contribution in [2.24, 2.45) is 0 Å². The summed E-state index contributed by atoms with van der Waals surface area (Å²) in [7, 11) is -4.06. The maximum atomic E-state index is 12.1. The summed E-state index contributed by atoms with van der Waals surface area (Å²) in [6, 6.07) is 8.54. The third-order valence-corrected chi connectivity index (χ3v) is 3.91. The highest BCUT2D eigenvalue weighted by molar-refractivity contribution is 7.92. The topological polar surface area (TPSA) is 120 Å². The van der Waals surface area contributed by atoms with Gasteiger partial charge in [-0.25, -0.2) is 4.79 Å². The quantitative estimate of drug-likeness (QED) is 0.890. The van der Waals surface area contributed by atoms with E-state index in [4.69, 9.17) is 14.8 Å². The van der Waals surface area contributed by atoms with Crippen molar-refractivity contribution in [2.75, 3.05) is 4.72 Å². The van der Waals surface area contributed by atoms with Crippen LogP contribution in [0.4, 0.5) is 5.69 Å². The summed E-state index contributed by atoms with van der Waals surface area (Å²) in [5.41, 5.74) is 1.13. The molecular formula is C13H10N2O5S. The number of nitrogens with one attached hydrogen (secondary N) is 1. The molecule has 0 aliphatic carbocycles. The zero-order valence-electron chi connectivity index (χ0n) is 10.8. The van der Waals surface area contributed by atoms with Crippen LogP contribution in [0, 0.1) is 18.3 Å². The minimum absolute atomic E-state index is 0.224. The smallest absolute Gasteiger partial charge is 0.371 e. The van der Waals surface area contributed by atoms with Gasteiger partial charge in [0, 0.05) is 0 Å². The second-order valence-electron chi connectivity index (χ2n) is 4.17. The van der Waals surface area contributed by atoms with Crippen molar-refractivity contribution in [3.63, 3.8) is 0 Å². The molecule has 0 spiro atoms. The number of nitrogens with zero attached hydrogens (tertiary/aromatic N) is 1. The number of furan rings is 1. The first-order valence-corrected chi connectivity index (χ1v) is 7.18. The van der Waals surface area contributed by atoms with Gasteiger partial charge in [-0.15, -0.1) is 0 Å². The Morgan fingerprint density at radius 1 is 1.33 bits per heavy atom. The standard InChI is InChI=1S/C13H10N2O5S/c1-8-2-3-9(7-14)6-10(8)15-21(18,19)12-5-4-11(20-12)13(16)17/h2-6,15H,1H3,(H,16,17). The van der Waals surface area contributed by atoms with Gasteiger partial charge < -0.3 is 9.52 Å². The number of hydrogen-bond donors (Lipinski definition) is 2. The van der Waals surface area contributed by atoms with Crippen molar-refractivity contribution in [2.45, 2.75) is 12.0 Å². The normalized spacial score (nSPS) is 10.9. The molecule has 0 bridgehead atoms. The lowest BCUT2D eigenvalue weighted by atomic mass is 10.1. The number of hydrogen-bond acceptors (Lipinski definition) is 5. The van der Waals surface area contributed by atoms with Crippen LogP contribution in [0.1, 0.15) is 21.7 Å². The van der Waals surface area contributed by atoms with Crippen LogP contribution in [0.5, 0.6) is 0 Å². The van der Waals surface area contributed by atoms with Crippen molar-refractivity contribution < 1.29 is 22.7 Å². The summed E-state index contributed by atoms with van der Waals surface area (Å²) >= 11 is 0. The van der Waals surface area contributed by atoms with E-state index in [1.54, 1.807) is 19.1 Å². The van der Waals surface area contributed by atoms with Crippen LogP contribution < -0.4 is 4.72 Å². The average molecular weight is 306 g/mol. The highest BCUT2D eigenvalue weighted by atomic mass is 32.2. The van der Waals surface area contributed by atoms with Gasteiger partial charge in [-0.1, -0.05) is 6.07 Å². The Bertz CT molecular complexity index is 846. The van der Waals surface area contributed by atoms with E-state index >= 15 is 0 Å². The molecule has 0 aliphatic rings. The Hall–Kier alpha value is -2.79. The van der Waals surface area contributed by atoms with Crippen LogP contribution >= 0.6 is 0 Å². The lowest BCUT2D eigenvalue weighted by molar-refractivity contribution is 0.0656. The van der Waals surface area contributed by atoms with Gasteiger partial charge in [0.2, 0.25) is 10.9 Å². The number of carbonyl (C=O) groups is 1. The molecule has 7 nitrogen and oxygen atoms in total. The van der Waals surface area contributed by atoms with Gasteiger partial charge in [-0.05, 0) is 36.8 Å². The Morgan fingerprint density at radius 2 is 2.05 bits per heavy atom. The minimum Gasteiger partial charge on any atom is -0.475 e. The Balaban J connectivity index is 2.37. The first-order chi connectivity index (χ1) is 9.83. The molecule has 0 radical (unpaired) electrons. The van der Waals surface area contributed by atoms with Crippen LogP contribution in [0.2, 0.25) is 0 Å². The number of anilines is 1. The predicted octanol–water partition coefficient (Wildman–Crippen LogP) is 1.96. The van der Waals surface area contributed by atoms with Gasteiger partial charge in [-0.3, -0.25) is 4.72 Å². The maximum Gasteiger partial charge on any atom is 0.371 e. The Kier molecular flexibility index (Phi) is 3.69. The van der Waals surface area contributed by atoms with Gasteiger partial charge in [0.15, 0.2) is 0 Å². The molecule has 0 amide bonds. The third kappa shape index (κ3) is 3.04. The van der Waals surface area contributed by atoms with Crippen molar-refractivity contribution in [1.82, 2.24) is 0 Å². The lowest BCUT2D eigenvalue weighted by Crippen LogP contribution is -2.13. The Morgan fingerprint density at radius 3 is 2.62 bits per heavy atom. The summed E-state index contributed by atoms with van der Waals surface area (Å²) in [4.78, 5) is 10.7. The first-order valence-electron chi connectivity index (χ1n) is 5.70. The third-order valence-electron chi connectivity index (χ3n) is 2.67. The second-order valence-corrected chi connectivity index (χ2v) is 5.78. The number of aryl methyl sites for hydroxylation is 1. The zero-order chi connectivity index (χ0) is 15.6. The lowest BCUT2D eigenvalue weighted by Gasteiger charge is -2.08. The highest BCUT2D eigenvalue weighted by Crippen LogP contribution is 2.22. The summed E-state index contributed by atoms with van der Waals surface area (Å²) < 4.78 is 31.2. The molecule has 1 aromatic carbocycles. The molecule has 2 N–H and O–H groups in total. The molecule has 21 heavy (non-hydrogen) atoms. The van der Waals surface area contributed by atoms with Crippen LogP contribution in [0.3, 0.4) is 0 Å². The molecule has 0 saturated carbocycles. The van der Waals surface area contributed by atoms with E-state index in [1.807, 2.05) is 6.07 Å². The number of aromatic carboxylic acids is 1. The molecular weight excluding hydrogens is 296 g/mol. The first kappa shape index (κ1) is 14.6. The number of benzene rings is 1. The molecule has 0 saturated heterocycles. The van der Waals surface area contributed by atoms with Gasteiger partial charge in [0.1, 0.15) is 0 Å². The molecule has 0 atom stereocenters. The summed E-state index contributed by atoms with van der Waals surface area (Å²) in [6.45, 7) is 1.67. The van der Waals surface area contributed by atoms with Crippen LogP contribution in [-0.4, -0.2) is 19.5 Å². The highest BCUT2D eigenvalue weighted by Gasteiger charge is 2.21. The predicted molar refractivity (Wildman–Crippen MR) is 72.4 cm³/mol. The fourth-order valence-electron chi connectivity index (χ4n) is 1.58. The SMILES string of the molecule is Cc1ccc(C#N)cc1NS(=O)(=O)c1ccc(C(=O)O)o1. The fourth-order valence-corrected chi connectivity index (χ4v) is 2.63.